The molecule has 5 rings (SSSR count). The van der Waals surface area contributed by atoms with Crippen molar-refractivity contribution in [3.63, 3.8) is 0 Å². The second kappa shape index (κ2) is 11.2. The fourth-order valence-electron chi connectivity index (χ4n) is 4.64. The van der Waals surface area contributed by atoms with Gasteiger partial charge in [0.2, 0.25) is 11.1 Å². The van der Waals surface area contributed by atoms with Gasteiger partial charge in [-0.3, -0.25) is 4.79 Å². The van der Waals surface area contributed by atoms with Crippen LogP contribution in [-0.2, 0) is 10.5 Å². The molecule has 1 aliphatic carbocycles. The first kappa shape index (κ1) is 25.7. The number of ketones is 1. The molecule has 1 N–H and O–H groups in total. The molecule has 1 atom stereocenters. The van der Waals surface area contributed by atoms with Crippen LogP contribution in [0.3, 0.4) is 0 Å². The standard InChI is InChI=1S/C28H31ClN4O3S/c1-17(2)13-14-36-23-12-11-18(15-24(23)35-3)26-25-21(9-6-10-22(25)34)30-27-31-28(32-33(26)27)37-16-19-7-4-5-8-20(19)29/h4-5,7-8,11-12,15,17,26H,6,9-10,13-14,16H2,1-3H3,(H,30,31,32). The Hall–Kier alpha value is -2.97. The topological polar surface area (TPSA) is 78.3 Å². The van der Waals surface area contributed by atoms with Crippen LogP contribution in [0.15, 0.2) is 58.9 Å². The number of carbonyl (C=O) groups excluding carboxylic acids is 1. The van der Waals surface area contributed by atoms with E-state index in [9.17, 15) is 4.79 Å². The number of nitrogens with one attached hydrogen (secondary N) is 1. The number of benzene rings is 2. The smallest absolute Gasteiger partial charge is 0.227 e. The molecule has 194 valence electrons. The zero-order valence-electron chi connectivity index (χ0n) is 21.3. The summed E-state index contributed by atoms with van der Waals surface area (Å²) in [6.45, 7) is 4.96. The highest BCUT2D eigenvalue weighted by molar-refractivity contribution is 7.98. The molecule has 0 amide bonds. The van der Waals surface area contributed by atoms with E-state index in [0.29, 0.717) is 47.3 Å². The first-order valence-corrected chi connectivity index (χ1v) is 14.0. The van der Waals surface area contributed by atoms with Gasteiger partial charge in [-0.05, 0) is 54.5 Å². The average molecular weight is 539 g/mol. The minimum atomic E-state index is -0.389. The fourth-order valence-corrected chi connectivity index (χ4v) is 5.76. The first-order valence-electron chi connectivity index (χ1n) is 12.6. The number of nitrogens with zero attached hydrogens (tertiary/aromatic N) is 3. The van der Waals surface area contributed by atoms with Gasteiger partial charge < -0.3 is 14.8 Å². The summed E-state index contributed by atoms with van der Waals surface area (Å²) in [5, 5.41) is 9.57. The lowest BCUT2D eigenvalue weighted by atomic mass is 9.85. The quantitative estimate of drug-likeness (QED) is 0.304. The van der Waals surface area contributed by atoms with Crippen LogP contribution in [0.5, 0.6) is 11.5 Å². The van der Waals surface area contributed by atoms with Gasteiger partial charge in [-0.2, -0.15) is 4.98 Å². The third-order valence-corrected chi connectivity index (χ3v) is 7.87. The monoisotopic (exact) mass is 538 g/mol. The molecule has 2 aliphatic rings. The first-order chi connectivity index (χ1) is 17.9. The van der Waals surface area contributed by atoms with E-state index in [1.807, 2.05) is 47.1 Å². The highest BCUT2D eigenvalue weighted by Crippen LogP contribution is 2.42. The maximum atomic E-state index is 13.2. The Labute approximate surface area is 226 Å². The van der Waals surface area contributed by atoms with Gasteiger partial charge in [0.1, 0.15) is 6.04 Å². The lowest BCUT2D eigenvalue weighted by Crippen LogP contribution is -2.31. The minimum absolute atomic E-state index is 0.140. The highest BCUT2D eigenvalue weighted by atomic mass is 35.5. The zero-order chi connectivity index (χ0) is 25.9. The molecule has 3 aromatic rings. The molecule has 2 heterocycles. The Morgan fingerprint density at radius 1 is 1.19 bits per heavy atom. The molecule has 9 heteroatoms. The molecule has 1 aliphatic heterocycles. The molecule has 1 unspecified atom stereocenters. The molecular weight excluding hydrogens is 508 g/mol. The van der Waals surface area contributed by atoms with Crippen molar-refractivity contribution < 1.29 is 14.3 Å². The number of methoxy groups -OCH3 is 1. The van der Waals surface area contributed by atoms with Crippen molar-refractivity contribution in [2.45, 2.75) is 56.5 Å². The predicted molar refractivity (Wildman–Crippen MR) is 147 cm³/mol. The zero-order valence-corrected chi connectivity index (χ0v) is 22.9. The Balaban J connectivity index is 1.48. The molecule has 0 spiro atoms. The second-order valence-corrected chi connectivity index (χ2v) is 11.0. The van der Waals surface area contributed by atoms with Crippen molar-refractivity contribution in [1.82, 2.24) is 14.8 Å². The molecule has 0 saturated carbocycles. The van der Waals surface area contributed by atoms with E-state index < -0.39 is 0 Å². The van der Waals surface area contributed by atoms with E-state index in [4.69, 9.17) is 31.2 Å². The summed E-state index contributed by atoms with van der Waals surface area (Å²) in [7, 11) is 1.64. The number of aromatic nitrogens is 3. The van der Waals surface area contributed by atoms with Gasteiger partial charge in [0.15, 0.2) is 17.3 Å². The molecule has 7 nitrogen and oxygen atoms in total. The summed E-state index contributed by atoms with van der Waals surface area (Å²) in [5.41, 5.74) is 3.62. The maximum absolute atomic E-state index is 13.2. The van der Waals surface area contributed by atoms with E-state index in [2.05, 4.69) is 19.2 Å². The van der Waals surface area contributed by atoms with Gasteiger partial charge in [-0.25, -0.2) is 4.68 Å². The highest BCUT2D eigenvalue weighted by Gasteiger charge is 2.37. The van der Waals surface area contributed by atoms with Gasteiger partial charge in [-0.1, -0.05) is 61.5 Å². The summed E-state index contributed by atoms with van der Waals surface area (Å²) in [6.07, 6.45) is 3.12. The van der Waals surface area contributed by atoms with Crippen LogP contribution in [0, 0.1) is 5.92 Å². The number of anilines is 1. The SMILES string of the molecule is COc1cc(C2C3=C(CCCC3=O)Nc3nc(SCc4ccccc4Cl)nn32)ccc1OCCC(C)C. The van der Waals surface area contributed by atoms with Crippen molar-refractivity contribution in [1.29, 1.82) is 0 Å². The van der Waals surface area contributed by atoms with E-state index >= 15 is 0 Å². The molecule has 0 radical (unpaired) electrons. The second-order valence-electron chi connectivity index (χ2n) is 9.68. The molecule has 2 aromatic carbocycles. The van der Waals surface area contributed by atoms with Gasteiger partial charge in [-0.15, -0.1) is 5.10 Å². The molecule has 0 saturated heterocycles. The van der Waals surface area contributed by atoms with Crippen molar-refractivity contribution in [3.05, 3.63) is 69.9 Å². The van der Waals surface area contributed by atoms with Gasteiger partial charge in [0.25, 0.3) is 0 Å². The Bertz CT molecular complexity index is 1340. The Morgan fingerprint density at radius 2 is 2.03 bits per heavy atom. The number of halogens is 1. The number of ether oxygens (including phenoxy) is 2. The van der Waals surface area contributed by atoms with Crippen LogP contribution >= 0.6 is 23.4 Å². The number of fused-ring (bicyclic) bond motifs is 1. The molecule has 1 aromatic heterocycles. The van der Waals surface area contributed by atoms with Crippen LogP contribution in [0.4, 0.5) is 5.95 Å². The van der Waals surface area contributed by atoms with Crippen LogP contribution < -0.4 is 14.8 Å². The summed E-state index contributed by atoms with van der Waals surface area (Å²) in [4.78, 5) is 17.9. The molecular formula is C28H31ClN4O3S. The molecule has 0 bridgehead atoms. The number of rotatable bonds is 9. The molecule has 0 fully saturated rings. The lowest BCUT2D eigenvalue weighted by Gasteiger charge is -2.32. The van der Waals surface area contributed by atoms with E-state index in [0.717, 1.165) is 46.7 Å². The summed E-state index contributed by atoms with van der Waals surface area (Å²) in [6, 6.07) is 13.3. The maximum Gasteiger partial charge on any atom is 0.227 e. The lowest BCUT2D eigenvalue weighted by molar-refractivity contribution is -0.116. The van der Waals surface area contributed by atoms with E-state index in [1.54, 1.807) is 7.11 Å². The van der Waals surface area contributed by atoms with Crippen LogP contribution in [0.1, 0.15) is 56.7 Å². The number of hydrogen-bond donors (Lipinski definition) is 1. The predicted octanol–water partition coefficient (Wildman–Crippen LogP) is 6.68. The van der Waals surface area contributed by atoms with Crippen molar-refractivity contribution >= 4 is 35.1 Å². The van der Waals surface area contributed by atoms with Crippen LogP contribution in [0.2, 0.25) is 5.02 Å². The van der Waals surface area contributed by atoms with Gasteiger partial charge in [0.05, 0.1) is 13.7 Å². The number of allylic oxidation sites excluding steroid dienone is 2. The number of carbonyl (C=O) groups is 1. The van der Waals surface area contributed by atoms with Crippen LogP contribution in [-0.4, -0.2) is 34.3 Å². The minimum Gasteiger partial charge on any atom is -0.493 e. The fraction of sp³-hybridized carbons (Fsp3) is 0.393. The normalized spacial score (nSPS) is 16.9. The average Bonchev–Trinajstić information content (AvgIpc) is 3.29. The summed E-state index contributed by atoms with van der Waals surface area (Å²) in [5.74, 6) is 3.31. The third kappa shape index (κ3) is 5.50. The summed E-state index contributed by atoms with van der Waals surface area (Å²) >= 11 is 7.86. The van der Waals surface area contributed by atoms with Gasteiger partial charge in [0, 0.05) is 28.5 Å². The largest absolute Gasteiger partial charge is 0.493 e. The number of thioether (sulfide) groups is 1. The third-order valence-electron chi connectivity index (χ3n) is 6.62. The molecule has 37 heavy (non-hydrogen) atoms. The Morgan fingerprint density at radius 3 is 2.81 bits per heavy atom. The van der Waals surface area contributed by atoms with E-state index in [1.165, 1.54) is 11.8 Å². The number of hydrogen-bond acceptors (Lipinski definition) is 7. The van der Waals surface area contributed by atoms with Gasteiger partial charge >= 0.3 is 0 Å². The Kier molecular flexibility index (Phi) is 7.76. The van der Waals surface area contributed by atoms with Crippen molar-refractivity contribution in [2.75, 3.05) is 19.0 Å². The van der Waals surface area contributed by atoms with Crippen molar-refractivity contribution in [2.24, 2.45) is 5.92 Å². The summed E-state index contributed by atoms with van der Waals surface area (Å²) < 4.78 is 13.5. The van der Waals surface area contributed by atoms with E-state index in [-0.39, 0.29) is 11.8 Å². The van der Waals surface area contributed by atoms with Crippen LogP contribution in [0.25, 0.3) is 0 Å². The number of Topliss-reactive ketones (excluding diaryl/α,β-unsaturated/α-hetero) is 1. The van der Waals surface area contributed by atoms with Crippen molar-refractivity contribution in [3.8, 4) is 11.5 Å².